The molecule has 0 unspecified atom stereocenters. The number of ether oxygens (including phenoxy) is 4. The Hall–Kier alpha value is 0.548. The van der Waals surface area contributed by atoms with E-state index in [0.717, 1.165) is 0 Å². The molecule has 1 rings (SSSR count). The summed E-state index contributed by atoms with van der Waals surface area (Å²) in [6.45, 7) is 24.3. The second kappa shape index (κ2) is 12.5. The molecule has 1 saturated heterocycles. The molecule has 0 bridgehead atoms. The van der Waals surface area contributed by atoms with Gasteiger partial charge in [-0.3, -0.25) is 0 Å². The molecule has 0 aliphatic carbocycles. The fourth-order valence-corrected chi connectivity index (χ4v) is 24.6. The molecule has 1 heterocycles. The van der Waals surface area contributed by atoms with Gasteiger partial charge in [-0.25, -0.2) is 0 Å². The van der Waals surface area contributed by atoms with E-state index < -0.39 is 34.2 Å². The normalized spacial score (nSPS) is 34.5. The zero-order valence-corrected chi connectivity index (χ0v) is 26.4. The highest BCUT2D eigenvalue weighted by Crippen LogP contribution is 2.32. The molecule has 1 fully saturated rings. The SMILES string of the molecule is CC(C)OC[Si]1(C)O[Si](C)(COC(C)C)O[Si](C)(COC(C)C)O[Si](C)(COC(C)C)O1. The van der Waals surface area contributed by atoms with Gasteiger partial charge in [-0.05, 0) is 81.6 Å². The lowest BCUT2D eigenvalue weighted by atomic mass is 10.5. The Balaban J connectivity index is 3.34. The van der Waals surface area contributed by atoms with Gasteiger partial charge in [0.05, 0.1) is 49.3 Å². The van der Waals surface area contributed by atoms with Crippen LogP contribution in [0, 0.1) is 0 Å². The first-order valence-electron chi connectivity index (χ1n) is 11.8. The van der Waals surface area contributed by atoms with E-state index >= 15 is 0 Å². The lowest BCUT2D eigenvalue weighted by molar-refractivity contribution is 0.0524. The average Bonchev–Trinajstić information content (AvgIpc) is 2.60. The maximum Gasteiger partial charge on any atom is 0.344 e. The molecular weight excluding hydrogens is 481 g/mol. The van der Waals surface area contributed by atoms with E-state index in [1.807, 2.05) is 81.6 Å². The number of hydrogen-bond acceptors (Lipinski definition) is 8. The molecule has 1 aliphatic rings. The van der Waals surface area contributed by atoms with Gasteiger partial charge in [-0.15, -0.1) is 0 Å². The summed E-state index contributed by atoms with van der Waals surface area (Å²) in [5, 5.41) is 0. The van der Waals surface area contributed by atoms with Crippen molar-refractivity contribution in [3.8, 4) is 0 Å². The molecular formula is C20H48O8Si4. The van der Waals surface area contributed by atoms with Crippen molar-refractivity contribution >= 4 is 34.2 Å². The van der Waals surface area contributed by atoms with Crippen LogP contribution in [0.4, 0.5) is 0 Å². The summed E-state index contributed by atoms with van der Waals surface area (Å²) in [4.78, 5) is 0. The van der Waals surface area contributed by atoms with Crippen molar-refractivity contribution in [2.24, 2.45) is 0 Å². The molecule has 0 N–H and O–H groups in total. The summed E-state index contributed by atoms with van der Waals surface area (Å²) in [7, 11) is -11.3. The third-order valence-electron chi connectivity index (χ3n) is 4.44. The van der Waals surface area contributed by atoms with E-state index in [1.165, 1.54) is 0 Å². The van der Waals surface area contributed by atoms with E-state index in [0.29, 0.717) is 24.9 Å². The van der Waals surface area contributed by atoms with Crippen LogP contribution in [-0.2, 0) is 35.4 Å². The van der Waals surface area contributed by atoms with Crippen LogP contribution in [0.25, 0.3) is 0 Å². The predicted octanol–water partition coefficient (Wildman–Crippen LogP) is 4.21. The van der Waals surface area contributed by atoms with Gasteiger partial charge in [-0.2, -0.15) is 0 Å². The number of hydrogen-bond donors (Lipinski definition) is 0. The van der Waals surface area contributed by atoms with E-state index in [1.54, 1.807) is 0 Å². The van der Waals surface area contributed by atoms with E-state index in [-0.39, 0.29) is 24.4 Å². The second-order valence-electron chi connectivity index (χ2n) is 10.4. The molecule has 1 aliphatic heterocycles. The third-order valence-corrected chi connectivity index (χ3v) is 21.0. The summed E-state index contributed by atoms with van der Waals surface area (Å²) in [6, 6.07) is 0. The third kappa shape index (κ3) is 11.3. The summed E-state index contributed by atoms with van der Waals surface area (Å²) in [5.41, 5.74) is 0. The zero-order chi connectivity index (χ0) is 24.8. The van der Waals surface area contributed by atoms with Crippen LogP contribution in [0.3, 0.4) is 0 Å². The first kappa shape index (κ1) is 30.6. The smallest absolute Gasteiger partial charge is 0.344 e. The lowest BCUT2D eigenvalue weighted by Crippen LogP contribution is -2.72. The molecule has 0 aromatic carbocycles. The van der Waals surface area contributed by atoms with Crippen molar-refractivity contribution in [3.05, 3.63) is 0 Å². The van der Waals surface area contributed by atoms with Crippen LogP contribution in [-0.4, -0.2) is 83.6 Å². The standard InChI is InChI=1S/C20H48O8Si4/c1-17(2)21-13-29(9)25-30(10,14-22-18(3)4)27-32(12,16-24-20(7)8)28-31(11,26-29)15-23-19(5)6/h17-20H,13-16H2,1-12H3. The van der Waals surface area contributed by atoms with Crippen LogP contribution in [0.5, 0.6) is 0 Å². The van der Waals surface area contributed by atoms with Gasteiger partial charge in [0.25, 0.3) is 0 Å². The molecule has 0 saturated carbocycles. The fraction of sp³-hybridized carbons (Fsp3) is 1.00. The highest BCUT2D eigenvalue weighted by atomic mass is 28.5. The minimum Gasteiger partial charge on any atom is -0.413 e. The van der Waals surface area contributed by atoms with Gasteiger partial charge >= 0.3 is 34.2 Å². The first-order chi connectivity index (χ1) is 14.5. The Kier molecular flexibility index (Phi) is 11.9. The molecule has 12 heteroatoms. The molecule has 0 atom stereocenters. The molecule has 0 radical (unpaired) electrons. The summed E-state index contributed by atoms with van der Waals surface area (Å²) in [6.07, 6.45) is 1.85. The average molecular weight is 529 g/mol. The van der Waals surface area contributed by atoms with Crippen LogP contribution in [0.1, 0.15) is 55.4 Å². The van der Waals surface area contributed by atoms with Crippen LogP contribution in [0.2, 0.25) is 26.2 Å². The van der Waals surface area contributed by atoms with Crippen molar-refractivity contribution in [2.75, 3.05) is 24.9 Å². The Labute approximate surface area is 200 Å². The molecule has 32 heavy (non-hydrogen) atoms. The molecule has 192 valence electrons. The van der Waals surface area contributed by atoms with Gasteiger partial charge < -0.3 is 35.4 Å². The van der Waals surface area contributed by atoms with Crippen molar-refractivity contribution in [2.45, 2.75) is 106 Å². The summed E-state index contributed by atoms with van der Waals surface area (Å²) >= 11 is 0. The Morgan fingerprint density at radius 3 is 0.688 bits per heavy atom. The van der Waals surface area contributed by atoms with Gasteiger partial charge in [0.1, 0.15) is 0 Å². The minimum atomic E-state index is -2.83. The van der Waals surface area contributed by atoms with Crippen molar-refractivity contribution < 1.29 is 35.4 Å². The fourth-order valence-electron chi connectivity index (χ4n) is 3.42. The largest absolute Gasteiger partial charge is 0.413 e. The van der Waals surface area contributed by atoms with Crippen molar-refractivity contribution in [1.82, 2.24) is 0 Å². The highest BCUT2D eigenvalue weighted by molar-refractivity contribution is 6.93. The monoisotopic (exact) mass is 528 g/mol. The quantitative estimate of drug-likeness (QED) is 0.349. The summed E-state index contributed by atoms with van der Waals surface area (Å²) in [5.74, 6) is 0. The van der Waals surface area contributed by atoms with E-state index in [4.69, 9.17) is 35.4 Å². The summed E-state index contributed by atoms with van der Waals surface area (Å²) < 4.78 is 51.3. The van der Waals surface area contributed by atoms with E-state index in [9.17, 15) is 0 Å². The number of rotatable bonds is 12. The van der Waals surface area contributed by atoms with Gasteiger partial charge in [0.15, 0.2) is 0 Å². The predicted molar refractivity (Wildman–Crippen MR) is 135 cm³/mol. The zero-order valence-electron chi connectivity index (χ0n) is 22.4. The first-order valence-corrected chi connectivity index (χ1v) is 21.9. The molecule has 0 aromatic heterocycles. The molecule has 0 spiro atoms. The second-order valence-corrected chi connectivity index (χ2v) is 23.9. The van der Waals surface area contributed by atoms with Crippen molar-refractivity contribution in [1.29, 1.82) is 0 Å². The Morgan fingerprint density at radius 1 is 0.406 bits per heavy atom. The van der Waals surface area contributed by atoms with Crippen LogP contribution >= 0.6 is 0 Å². The lowest BCUT2D eigenvalue weighted by Gasteiger charge is -2.49. The van der Waals surface area contributed by atoms with Gasteiger partial charge in [0.2, 0.25) is 0 Å². The maximum absolute atomic E-state index is 6.83. The molecule has 8 nitrogen and oxygen atoms in total. The van der Waals surface area contributed by atoms with Crippen molar-refractivity contribution in [3.63, 3.8) is 0 Å². The highest BCUT2D eigenvalue weighted by Gasteiger charge is 2.58. The maximum atomic E-state index is 6.83. The van der Waals surface area contributed by atoms with Gasteiger partial charge in [0, 0.05) is 0 Å². The Bertz CT molecular complexity index is 458. The molecule has 0 aromatic rings. The minimum absolute atomic E-state index is 0.0672. The topological polar surface area (TPSA) is 73.8 Å². The van der Waals surface area contributed by atoms with Gasteiger partial charge in [-0.1, -0.05) is 0 Å². The van der Waals surface area contributed by atoms with E-state index in [2.05, 4.69) is 0 Å². The van der Waals surface area contributed by atoms with Crippen LogP contribution < -0.4 is 0 Å². The van der Waals surface area contributed by atoms with Crippen LogP contribution in [0.15, 0.2) is 0 Å². The molecule has 0 amide bonds. The Morgan fingerprint density at radius 2 is 0.562 bits per heavy atom.